The second kappa shape index (κ2) is 9.82. The van der Waals surface area contributed by atoms with E-state index in [4.69, 9.17) is 9.47 Å². The first-order valence-corrected chi connectivity index (χ1v) is 13.4. The summed E-state index contributed by atoms with van der Waals surface area (Å²) in [6.07, 6.45) is 5.42. The third-order valence-corrected chi connectivity index (χ3v) is 7.46. The molecule has 0 radical (unpaired) electrons. The number of aromatic hydroxyl groups is 1. The van der Waals surface area contributed by atoms with Crippen LogP contribution in [0.4, 0.5) is 10.1 Å². The highest BCUT2D eigenvalue weighted by Gasteiger charge is 2.27. The van der Waals surface area contributed by atoms with Gasteiger partial charge in [-0.15, -0.1) is 0 Å². The van der Waals surface area contributed by atoms with Crippen molar-refractivity contribution < 1.29 is 27.4 Å². The first kappa shape index (κ1) is 25.3. The minimum atomic E-state index is -3.67. The molecule has 0 aliphatic carbocycles. The standard InChI is InChI=1S/C27H25FN4O5S/c1-31(38(3,34)35)25-21-5-4-12-29-24(21)26(37-16-17-6-10-20(36-2)11-7-17)23-22(25)15-32(27(23)33)14-19-9-8-18(28)13-30-19/h4-13,15,33H,14,16H2,1-3H3. The molecule has 0 aliphatic rings. The van der Waals surface area contributed by atoms with Crippen molar-refractivity contribution >= 4 is 37.4 Å². The lowest BCUT2D eigenvalue weighted by Crippen LogP contribution is -2.25. The van der Waals surface area contributed by atoms with Crippen molar-refractivity contribution in [3.63, 3.8) is 0 Å². The summed E-state index contributed by atoms with van der Waals surface area (Å²) in [6, 6.07) is 13.6. The van der Waals surface area contributed by atoms with Gasteiger partial charge < -0.3 is 19.1 Å². The highest BCUT2D eigenvalue weighted by atomic mass is 32.2. The fourth-order valence-electron chi connectivity index (χ4n) is 4.31. The molecule has 0 saturated heterocycles. The Morgan fingerprint density at radius 3 is 2.50 bits per heavy atom. The smallest absolute Gasteiger partial charge is 0.232 e. The van der Waals surface area contributed by atoms with Crippen LogP contribution in [0.3, 0.4) is 0 Å². The molecule has 5 aromatic rings. The lowest BCUT2D eigenvalue weighted by molar-refractivity contribution is 0.311. The normalized spacial score (nSPS) is 11.7. The third kappa shape index (κ3) is 4.68. The van der Waals surface area contributed by atoms with E-state index in [2.05, 4.69) is 9.97 Å². The van der Waals surface area contributed by atoms with Crippen LogP contribution in [0.5, 0.6) is 17.4 Å². The quantitative estimate of drug-likeness (QED) is 0.312. The van der Waals surface area contributed by atoms with Crippen molar-refractivity contribution in [1.82, 2.24) is 14.5 Å². The van der Waals surface area contributed by atoms with Gasteiger partial charge >= 0.3 is 0 Å². The summed E-state index contributed by atoms with van der Waals surface area (Å²) in [5.41, 5.74) is 2.11. The number of aromatic nitrogens is 3. The first-order chi connectivity index (χ1) is 18.2. The van der Waals surface area contributed by atoms with E-state index in [1.807, 2.05) is 24.3 Å². The van der Waals surface area contributed by atoms with Gasteiger partial charge in [0, 0.05) is 30.2 Å². The molecular formula is C27H25FN4O5S. The summed E-state index contributed by atoms with van der Waals surface area (Å²) >= 11 is 0. The maximum absolute atomic E-state index is 13.4. The van der Waals surface area contributed by atoms with Gasteiger partial charge in [0.1, 0.15) is 23.7 Å². The van der Waals surface area contributed by atoms with Gasteiger partial charge in [0.25, 0.3) is 0 Å². The molecule has 2 aromatic carbocycles. The molecule has 0 atom stereocenters. The number of pyridine rings is 2. The summed E-state index contributed by atoms with van der Waals surface area (Å²) in [5, 5.41) is 12.7. The zero-order valence-corrected chi connectivity index (χ0v) is 21.7. The minimum Gasteiger partial charge on any atom is -0.497 e. The van der Waals surface area contributed by atoms with Crippen LogP contribution < -0.4 is 13.8 Å². The van der Waals surface area contributed by atoms with E-state index in [0.29, 0.717) is 44.6 Å². The highest BCUT2D eigenvalue weighted by molar-refractivity contribution is 7.92. The van der Waals surface area contributed by atoms with Gasteiger partial charge in [0.2, 0.25) is 15.9 Å². The average Bonchev–Trinajstić information content (AvgIpc) is 3.22. The Hall–Kier alpha value is -4.38. The average molecular weight is 537 g/mol. The molecule has 0 spiro atoms. The van der Waals surface area contributed by atoms with E-state index in [1.165, 1.54) is 23.7 Å². The Kier molecular flexibility index (Phi) is 6.53. The molecule has 3 aromatic heterocycles. The van der Waals surface area contributed by atoms with E-state index in [0.717, 1.165) is 22.3 Å². The van der Waals surface area contributed by atoms with Crippen LogP contribution in [0.15, 0.2) is 67.1 Å². The Balaban J connectivity index is 1.72. The van der Waals surface area contributed by atoms with Gasteiger partial charge in [0.15, 0.2) is 5.75 Å². The van der Waals surface area contributed by atoms with Gasteiger partial charge in [-0.3, -0.25) is 14.3 Å². The molecule has 0 amide bonds. The number of sulfonamides is 1. The number of hydrogen-bond acceptors (Lipinski definition) is 7. The third-order valence-electron chi connectivity index (χ3n) is 6.29. The predicted molar refractivity (Wildman–Crippen MR) is 143 cm³/mol. The summed E-state index contributed by atoms with van der Waals surface area (Å²) < 4.78 is 52.8. The highest BCUT2D eigenvalue weighted by Crippen LogP contribution is 2.47. The fourth-order valence-corrected chi connectivity index (χ4v) is 4.84. The number of ether oxygens (including phenoxy) is 2. The first-order valence-electron chi connectivity index (χ1n) is 11.6. The molecule has 0 fully saturated rings. The number of benzene rings is 2. The molecular weight excluding hydrogens is 511 g/mol. The van der Waals surface area contributed by atoms with Crippen LogP contribution in [-0.4, -0.2) is 48.5 Å². The Bertz CT molecular complexity index is 1740. The molecule has 196 valence electrons. The number of methoxy groups -OCH3 is 1. The zero-order chi connectivity index (χ0) is 27.0. The molecule has 9 nitrogen and oxygen atoms in total. The predicted octanol–water partition coefficient (Wildman–Crippen LogP) is 4.46. The summed E-state index contributed by atoms with van der Waals surface area (Å²) in [6.45, 7) is 0.278. The molecule has 0 bridgehead atoms. The second-order valence-corrected chi connectivity index (χ2v) is 10.8. The lowest BCUT2D eigenvalue weighted by atomic mass is 10.1. The SMILES string of the molecule is COc1ccc(COc2c3ncccc3c(N(C)S(C)(=O)=O)c3cn(Cc4ccc(F)cn4)c(O)c23)cc1. The zero-order valence-electron chi connectivity index (χ0n) is 20.9. The number of rotatable bonds is 8. The molecule has 11 heteroatoms. The molecule has 5 rings (SSSR count). The van der Waals surface area contributed by atoms with Gasteiger partial charge in [-0.1, -0.05) is 12.1 Å². The Morgan fingerprint density at radius 1 is 1.08 bits per heavy atom. The topological polar surface area (TPSA) is 107 Å². The number of hydrogen-bond donors (Lipinski definition) is 1. The lowest BCUT2D eigenvalue weighted by Gasteiger charge is -2.21. The second-order valence-electron chi connectivity index (χ2n) is 8.78. The number of halogens is 1. The van der Waals surface area contributed by atoms with Gasteiger partial charge in [-0.25, -0.2) is 12.8 Å². The van der Waals surface area contributed by atoms with Crippen LogP contribution >= 0.6 is 0 Å². The monoisotopic (exact) mass is 536 g/mol. The minimum absolute atomic E-state index is 0.116. The summed E-state index contributed by atoms with van der Waals surface area (Å²) in [5.74, 6) is 0.381. The molecule has 3 heterocycles. The van der Waals surface area contributed by atoms with Crippen LogP contribution in [0, 0.1) is 5.82 Å². The van der Waals surface area contributed by atoms with E-state index in [9.17, 15) is 17.9 Å². The summed E-state index contributed by atoms with van der Waals surface area (Å²) in [4.78, 5) is 8.58. The molecule has 0 unspecified atom stereocenters. The van der Waals surface area contributed by atoms with Crippen LogP contribution in [0.1, 0.15) is 11.3 Å². The van der Waals surface area contributed by atoms with Crippen molar-refractivity contribution in [3.05, 3.63) is 84.2 Å². The fraction of sp³-hybridized carbons (Fsp3) is 0.185. The summed E-state index contributed by atoms with van der Waals surface area (Å²) in [7, 11) is -0.637. The van der Waals surface area contributed by atoms with Crippen molar-refractivity contribution in [3.8, 4) is 17.4 Å². The van der Waals surface area contributed by atoms with E-state index >= 15 is 0 Å². The van der Waals surface area contributed by atoms with Gasteiger partial charge in [-0.2, -0.15) is 0 Å². The van der Waals surface area contributed by atoms with E-state index in [-0.39, 0.29) is 19.0 Å². The number of nitrogens with zero attached hydrogens (tertiary/aromatic N) is 4. The van der Waals surface area contributed by atoms with Crippen LogP contribution in [-0.2, 0) is 23.2 Å². The Labute approximate surface area is 218 Å². The van der Waals surface area contributed by atoms with Crippen molar-refractivity contribution in [2.24, 2.45) is 0 Å². The van der Waals surface area contributed by atoms with Crippen molar-refractivity contribution in [2.45, 2.75) is 13.2 Å². The number of fused-ring (bicyclic) bond motifs is 2. The van der Waals surface area contributed by atoms with Crippen LogP contribution in [0.2, 0.25) is 0 Å². The van der Waals surface area contributed by atoms with Crippen LogP contribution in [0.25, 0.3) is 21.7 Å². The molecule has 0 saturated carbocycles. The number of anilines is 1. The van der Waals surface area contributed by atoms with Gasteiger partial charge in [0.05, 0.1) is 42.9 Å². The van der Waals surface area contributed by atoms with Gasteiger partial charge in [-0.05, 0) is 42.0 Å². The maximum atomic E-state index is 13.4. The largest absolute Gasteiger partial charge is 0.497 e. The molecule has 1 N–H and O–H groups in total. The van der Waals surface area contributed by atoms with Crippen molar-refractivity contribution in [2.75, 3.05) is 24.7 Å². The molecule has 0 aliphatic heterocycles. The molecule has 38 heavy (non-hydrogen) atoms. The van der Waals surface area contributed by atoms with E-state index in [1.54, 1.807) is 31.6 Å². The maximum Gasteiger partial charge on any atom is 0.232 e. The van der Waals surface area contributed by atoms with E-state index < -0.39 is 15.8 Å². The van der Waals surface area contributed by atoms with Crippen molar-refractivity contribution in [1.29, 1.82) is 0 Å². The Morgan fingerprint density at radius 2 is 1.84 bits per heavy atom.